The quantitative estimate of drug-likeness (QED) is 0.584. The van der Waals surface area contributed by atoms with Crippen LogP contribution in [0.3, 0.4) is 0 Å². The lowest BCUT2D eigenvalue weighted by atomic mass is 10.2. The lowest BCUT2D eigenvalue weighted by Crippen LogP contribution is -2.29. The molecule has 0 fully saturated rings. The number of rotatable bonds is 8. The fourth-order valence-electron chi connectivity index (χ4n) is 2.63. The Kier molecular flexibility index (Phi) is 5.09. The van der Waals surface area contributed by atoms with E-state index in [9.17, 15) is 0 Å². The molecule has 8 nitrogen and oxygen atoms in total. The number of ether oxygens (including phenoxy) is 2. The number of aromatic nitrogens is 4. The van der Waals surface area contributed by atoms with Gasteiger partial charge in [0.2, 0.25) is 12.7 Å². The Hall–Kier alpha value is -2.49. The highest BCUT2D eigenvalue weighted by molar-refractivity contribution is 7.05. The second-order valence-electron chi connectivity index (χ2n) is 5.94. The average molecular weight is 372 g/mol. The summed E-state index contributed by atoms with van der Waals surface area (Å²) in [4.78, 5) is 8.57. The van der Waals surface area contributed by atoms with Crippen LogP contribution < -0.4 is 20.1 Å². The normalized spacial score (nSPS) is 13.9. The van der Waals surface area contributed by atoms with Crippen LogP contribution in [0, 0.1) is 0 Å². The molecule has 1 aliphatic rings. The van der Waals surface area contributed by atoms with Crippen LogP contribution in [-0.4, -0.2) is 38.8 Å². The van der Waals surface area contributed by atoms with Gasteiger partial charge < -0.3 is 20.1 Å². The third kappa shape index (κ3) is 3.85. The molecule has 2 N–H and O–H groups in total. The Morgan fingerprint density at radius 1 is 1.27 bits per heavy atom. The maximum Gasteiger partial charge on any atom is 0.246 e. The molecule has 0 spiro atoms. The average Bonchev–Trinajstić information content (AvgIpc) is 3.41. The van der Waals surface area contributed by atoms with E-state index in [1.807, 2.05) is 18.3 Å². The van der Waals surface area contributed by atoms with Gasteiger partial charge in [0.05, 0.1) is 6.04 Å². The first kappa shape index (κ1) is 17.0. The minimum absolute atomic E-state index is 0.150. The molecule has 1 aromatic carbocycles. The molecule has 1 atom stereocenters. The summed E-state index contributed by atoms with van der Waals surface area (Å²) in [5.41, 5.74) is 1.18. The fraction of sp³-hybridized carbons (Fsp3) is 0.353. The van der Waals surface area contributed by atoms with E-state index in [-0.39, 0.29) is 6.04 Å². The van der Waals surface area contributed by atoms with Crippen LogP contribution in [0.5, 0.6) is 11.5 Å². The van der Waals surface area contributed by atoms with Crippen LogP contribution in [0.4, 0.5) is 0 Å². The van der Waals surface area contributed by atoms with Gasteiger partial charge in [-0.25, -0.2) is 9.97 Å². The summed E-state index contributed by atoms with van der Waals surface area (Å²) in [6, 6.07) is 6.17. The Balaban J connectivity index is 1.20. The standard InChI is InChI=1S/C17H20N6O2S/c1-12(16-21-17(22-26-16)23-7-6-19-10-23)20-5-4-18-9-13-2-3-14-15(8-13)25-11-24-14/h2-3,6-8,10,12,18,20H,4-5,9,11H2,1H3. The largest absolute Gasteiger partial charge is 0.454 e. The third-order valence-corrected chi connectivity index (χ3v) is 4.94. The molecule has 26 heavy (non-hydrogen) atoms. The smallest absolute Gasteiger partial charge is 0.246 e. The van der Waals surface area contributed by atoms with Crippen molar-refractivity contribution in [3.8, 4) is 17.4 Å². The number of hydrogen-bond donors (Lipinski definition) is 2. The molecule has 1 unspecified atom stereocenters. The predicted octanol–water partition coefficient (Wildman–Crippen LogP) is 1.89. The van der Waals surface area contributed by atoms with Crippen molar-refractivity contribution in [2.75, 3.05) is 19.9 Å². The molecule has 3 heterocycles. The van der Waals surface area contributed by atoms with E-state index >= 15 is 0 Å². The van der Waals surface area contributed by atoms with Crippen molar-refractivity contribution in [3.63, 3.8) is 0 Å². The molecule has 3 aromatic rings. The van der Waals surface area contributed by atoms with E-state index in [0.717, 1.165) is 36.1 Å². The Morgan fingerprint density at radius 3 is 3.08 bits per heavy atom. The number of benzene rings is 1. The van der Waals surface area contributed by atoms with Crippen LogP contribution in [0.2, 0.25) is 0 Å². The first-order valence-corrected chi connectivity index (χ1v) is 9.21. The van der Waals surface area contributed by atoms with E-state index < -0.39 is 0 Å². The van der Waals surface area contributed by atoms with Gasteiger partial charge >= 0.3 is 0 Å². The van der Waals surface area contributed by atoms with Gasteiger partial charge in [0.15, 0.2) is 11.5 Å². The van der Waals surface area contributed by atoms with Crippen LogP contribution in [-0.2, 0) is 6.54 Å². The van der Waals surface area contributed by atoms with Gasteiger partial charge in [0, 0.05) is 32.0 Å². The summed E-state index contributed by atoms with van der Waals surface area (Å²) in [6.07, 6.45) is 5.25. The van der Waals surface area contributed by atoms with Gasteiger partial charge in [-0.3, -0.25) is 4.57 Å². The first-order chi connectivity index (χ1) is 12.8. The maximum atomic E-state index is 5.40. The van der Waals surface area contributed by atoms with Crippen molar-refractivity contribution < 1.29 is 9.47 Å². The Morgan fingerprint density at radius 2 is 2.19 bits per heavy atom. The molecule has 0 saturated heterocycles. The van der Waals surface area contributed by atoms with Gasteiger partial charge in [0.25, 0.3) is 0 Å². The van der Waals surface area contributed by atoms with E-state index in [1.54, 1.807) is 17.1 Å². The Bertz CT molecular complexity index is 851. The highest BCUT2D eigenvalue weighted by Crippen LogP contribution is 2.32. The van der Waals surface area contributed by atoms with Gasteiger partial charge in [-0.1, -0.05) is 6.07 Å². The van der Waals surface area contributed by atoms with Crippen molar-refractivity contribution in [3.05, 3.63) is 47.5 Å². The Labute approximate surface area is 155 Å². The molecular weight excluding hydrogens is 352 g/mol. The van der Waals surface area contributed by atoms with E-state index in [2.05, 4.69) is 38.0 Å². The van der Waals surface area contributed by atoms with E-state index in [4.69, 9.17) is 9.47 Å². The molecule has 0 amide bonds. The number of nitrogens with zero attached hydrogens (tertiary/aromatic N) is 4. The zero-order valence-corrected chi connectivity index (χ0v) is 15.2. The van der Waals surface area contributed by atoms with Crippen LogP contribution in [0.25, 0.3) is 5.95 Å². The molecular formula is C17H20N6O2S. The maximum absolute atomic E-state index is 5.40. The molecule has 0 radical (unpaired) electrons. The zero-order valence-electron chi connectivity index (χ0n) is 14.4. The van der Waals surface area contributed by atoms with Gasteiger partial charge in [-0.05, 0) is 36.2 Å². The fourth-order valence-corrected chi connectivity index (χ4v) is 3.31. The van der Waals surface area contributed by atoms with E-state index in [0.29, 0.717) is 12.7 Å². The summed E-state index contributed by atoms with van der Waals surface area (Å²) in [6.45, 7) is 4.88. The van der Waals surface area contributed by atoms with Crippen LogP contribution in [0.15, 0.2) is 36.9 Å². The highest BCUT2D eigenvalue weighted by Gasteiger charge is 2.13. The topological polar surface area (TPSA) is 86.1 Å². The molecule has 1 aliphatic heterocycles. The minimum Gasteiger partial charge on any atom is -0.454 e. The lowest BCUT2D eigenvalue weighted by molar-refractivity contribution is 0.174. The zero-order chi connectivity index (χ0) is 17.8. The van der Waals surface area contributed by atoms with Gasteiger partial charge in [0.1, 0.15) is 11.3 Å². The predicted molar refractivity (Wildman–Crippen MR) is 97.7 cm³/mol. The van der Waals surface area contributed by atoms with Crippen molar-refractivity contribution >= 4 is 11.5 Å². The second-order valence-corrected chi connectivity index (χ2v) is 6.73. The molecule has 2 aromatic heterocycles. The minimum atomic E-state index is 0.150. The van der Waals surface area contributed by atoms with Crippen LogP contribution >= 0.6 is 11.5 Å². The van der Waals surface area contributed by atoms with Gasteiger partial charge in [-0.15, -0.1) is 0 Å². The summed E-state index contributed by atoms with van der Waals surface area (Å²) < 4.78 is 16.9. The number of fused-ring (bicyclic) bond motifs is 1. The molecule has 136 valence electrons. The first-order valence-electron chi connectivity index (χ1n) is 8.44. The van der Waals surface area contributed by atoms with Gasteiger partial charge in [-0.2, -0.15) is 4.37 Å². The molecule has 0 bridgehead atoms. The lowest BCUT2D eigenvalue weighted by Gasteiger charge is -2.11. The van der Waals surface area contributed by atoms with Crippen molar-refractivity contribution in [2.24, 2.45) is 0 Å². The number of nitrogens with one attached hydrogen (secondary N) is 2. The molecule has 4 rings (SSSR count). The number of imidazole rings is 1. The van der Waals surface area contributed by atoms with Crippen LogP contribution in [0.1, 0.15) is 23.5 Å². The van der Waals surface area contributed by atoms with Crippen molar-refractivity contribution in [1.29, 1.82) is 0 Å². The number of hydrogen-bond acceptors (Lipinski definition) is 8. The molecule has 9 heteroatoms. The van der Waals surface area contributed by atoms with Crippen molar-refractivity contribution in [2.45, 2.75) is 19.5 Å². The van der Waals surface area contributed by atoms with E-state index in [1.165, 1.54) is 17.1 Å². The summed E-state index contributed by atoms with van der Waals surface area (Å²) in [5.74, 6) is 2.30. The molecule has 0 saturated carbocycles. The summed E-state index contributed by atoms with van der Waals surface area (Å²) in [7, 11) is 0. The second kappa shape index (κ2) is 7.81. The monoisotopic (exact) mass is 372 g/mol. The third-order valence-electron chi connectivity index (χ3n) is 4.06. The SMILES string of the molecule is CC(NCCNCc1ccc2c(c1)OCO2)c1nc(-n2ccnc2)ns1. The molecule has 0 aliphatic carbocycles. The highest BCUT2D eigenvalue weighted by atomic mass is 32.1. The summed E-state index contributed by atoms with van der Waals surface area (Å²) >= 11 is 1.41. The summed E-state index contributed by atoms with van der Waals surface area (Å²) in [5, 5.41) is 7.85. The van der Waals surface area contributed by atoms with Crippen molar-refractivity contribution in [1.82, 2.24) is 29.5 Å².